The summed E-state index contributed by atoms with van der Waals surface area (Å²) in [6.45, 7) is 0. The van der Waals surface area contributed by atoms with Crippen LogP contribution in [0.2, 0.25) is 0 Å². The van der Waals surface area contributed by atoms with Crippen molar-refractivity contribution in [3.63, 3.8) is 0 Å². The van der Waals surface area contributed by atoms with Gasteiger partial charge >= 0.3 is 5.97 Å². The molecular formula is C11H7FN6O3. The summed E-state index contributed by atoms with van der Waals surface area (Å²) in [6.07, 6.45) is 0. The van der Waals surface area contributed by atoms with Crippen molar-refractivity contribution in [3.8, 4) is 17.1 Å². The Kier molecular flexibility index (Phi) is 2.83. The van der Waals surface area contributed by atoms with Crippen LogP contribution in [-0.4, -0.2) is 36.4 Å². The molecule has 0 saturated heterocycles. The van der Waals surface area contributed by atoms with Crippen LogP contribution in [0.3, 0.4) is 0 Å². The minimum Gasteiger partial charge on any atom is -0.476 e. The second-order valence-corrected chi connectivity index (χ2v) is 3.98. The van der Waals surface area contributed by atoms with Crippen molar-refractivity contribution in [2.45, 2.75) is 0 Å². The monoisotopic (exact) mass is 290 g/mol. The van der Waals surface area contributed by atoms with E-state index in [1.165, 1.54) is 24.3 Å². The van der Waals surface area contributed by atoms with Gasteiger partial charge < -0.3 is 10.8 Å². The van der Waals surface area contributed by atoms with Crippen molar-refractivity contribution < 1.29 is 18.9 Å². The number of benzene rings is 1. The number of nitrogens with zero attached hydrogens (tertiary/aromatic N) is 5. The maximum atomic E-state index is 13.0. The SMILES string of the molecule is Nc1nonc1-n1nnc(C(=O)O)c1-c1ccc(F)cc1. The fourth-order valence-corrected chi connectivity index (χ4v) is 1.78. The van der Waals surface area contributed by atoms with Gasteiger partial charge in [-0.05, 0) is 34.6 Å². The average molecular weight is 290 g/mol. The largest absolute Gasteiger partial charge is 0.476 e. The molecule has 0 atom stereocenters. The molecule has 0 spiro atoms. The van der Waals surface area contributed by atoms with Crippen molar-refractivity contribution >= 4 is 11.8 Å². The second-order valence-electron chi connectivity index (χ2n) is 3.98. The van der Waals surface area contributed by atoms with E-state index in [2.05, 4.69) is 25.3 Å². The van der Waals surface area contributed by atoms with E-state index in [0.29, 0.717) is 5.56 Å². The summed E-state index contributed by atoms with van der Waals surface area (Å²) in [7, 11) is 0. The number of rotatable bonds is 3. The Hall–Kier alpha value is -3.30. The zero-order chi connectivity index (χ0) is 15.0. The van der Waals surface area contributed by atoms with Crippen LogP contribution in [0.1, 0.15) is 10.5 Å². The third kappa shape index (κ3) is 2.08. The van der Waals surface area contributed by atoms with Gasteiger partial charge in [-0.3, -0.25) is 0 Å². The standard InChI is InChI=1S/C11H7FN6O3/c12-6-3-1-5(2-4-6)8-7(11(19)20)14-17-18(8)10-9(13)15-21-16-10/h1-4H,(H2,13,15)(H,19,20). The summed E-state index contributed by atoms with van der Waals surface area (Å²) < 4.78 is 18.5. The van der Waals surface area contributed by atoms with E-state index in [9.17, 15) is 14.3 Å². The molecule has 0 aliphatic carbocycles. The molecule has 3 N–H and O–H groups in total. The molecule has 3 aromatic rings. The Morgan fingerprint density at radius 1 is 1.29 bits per heavy atom. The van der Waals surface area contributed by atoms with E-state index in [4.69, 9.17) is 5.73 Å². The van der Waals surface area contributed by atoms with E-state index in [-0.39, 0.29) is 23.0 Å². The van der Waals surface area contributed by atoms with Crippen LogP contribution in [0.15, 0.2) is 28.9 Å². The normalized spacial score (nSPS) is 10.7. The first-order chi connectivity index (χ1) is 10.1. The maximum Gasteiger partial charge on any atom is 0.358 e. The fourth-order valence-electron chi connectivity index (χ4n) is 1.78. The van der Waals surface area contributed by atoms with Gasteiger partial charge in [0.2, 0.25) is 11.6 Å². The van der Waals surface area contributed by atoms with Gasteiger partial charge in [0.25, 0.3) is 0 Å². The Morgan fingerprint density at radius 3 is 2.57 bits per heavy atom. The topological polar surface area (TPSA) is 133 Å². The highest BCUT2D eigenvalue weighted by atomic mass is 19.1. The first kappa shape index (κ1) is 12.7. The predicted molar refractivity (Wildman–Crippen MR) is 66.0 cm³/mol. The van der Waals surface area contributed by atoms with E-state index in [1.807, 2.05) is 0 Å². The second kappa shape index (κ2) is 4.67. The Labute approximate surface area is 115 Å². The maximum absolute atomic E-state index is 13.0. The number of anilines is 1. The third-order valence-electron chi connectivity index (χ3n) is 2.69. The van der Waals surface area contributed by atoms with Gasteiger partial charge in [-0.1, -0.05) is 5.21 Å². The van der Waals surface area contributed by atoms with Crippen molar-refractivity contribution in [2.75, 3.05) is 5.73 Å². The lowest BCUT2D eigenvalue weighted by molar-refractivity contribution is 0.0691. The molecular weight excluding hydrogens is 283 g/mol. The molecule has 0 unspecified atom stereocenters. The lowest BCUT2D eigenvalue weighted by Gasteiger charge is -2.04. The molecule has 10 heteroatoms. The van der Waals surface area contributed by atoms with Gasteiger partial charge in [0.05, 0.1) is 0 Å². The molecule has 106 valence electrons. The van der Waals surface area contributed by atoms with Crippen molar-refractivity contribution in [1.82, 2.24) is 25.3 Å². The van der Waals surface area contributed by atoms with E-state index >= 15 is 0 Å². The molecule has 1 aromatic carbocycles. The summed E-state index contributed by atoms with van der Waals surface area (Å²) in [5.41, 5.74) is 5.70. The first-order valence-electron chi connectivity index (χ1n) is 5.61. The van der Waals surface area contributed by atoms with Crippen molar-refractivity contribution in [1.29, 1.82) is 0 Å². The van der Waals surface area contributed by atoms with Crippen LogP contribution < -0.4 is 5.73 Å². The minimum atomic E-state index is -1.30. The number of halogens is 1. The minimum absolute atomic E-state index is 0.00525. The van der Waals surface area contributed by atoms with Gasteiger partial charge in [-0.15, -0.1) is 5.10 Å². The number of hydrogen-bond donors (Lipinski definition) is 2. The first-order valence-corrected chi connectivity index (χ1v) is 5.61. The summed E-state index contributed by atoms with van der Waals surface area (Å²) >= 11 is 0. The van der Waals surface area contributed by atoms with Gasteiger partial charge in [0.1, 0.15) is 11.5 Å². The van der Waals surface area contributed by atoms with Crippen LogP contribution in [-0.2, 0) is 0 Å². The number of nitrogens with two attached hydrogens (primary N) is 1. The quantitative estimate of drug-likeness (QED) is 0.721. The zero-order valence-corrected chi connectivity index (χ0v) is 10.3. The van der Waals surface area contributed by atoms with Gasteiger partial charge in [-0.2, -0.15) is 4.68 Å². The number of hydrogen-bond acceptors (Lipinski definition) is 7. The smallest absolute Gasteiger partial charge is 0.358 e. The highest BCUT2D eigenvalue weighted by Crippen LogP contribution is 2.26. The molecule has 0 radical (unpaired) electrons. The summed E-state index contributed by atoms with van der Waals surface area (Å²) in [5, 5.41) is 23.4. The lowest BCUT2D eigenvalue weighted by atomic mass is 10.1. The molecule has 9 nitrogen and oxygen atoms in total. The van der Waals surface area contributed by atoms with Gasteiger partial charge in [-0.25, -0.2) is 13.8 Å². The van der Waals surface area contributed by atoms with E-state index < -0.39 is 11.8 Å². The highest BCUT2D eigenvalue weighted by Gasteiger charge is 2.24. The summed E-state index contributed by atoms with van der Waals surface area (Å²) in [4.78, 5) is 11.2. The molecule has 0 fully saturated rings. The van der Waals surface area contributed by atoms with E-state index in [0.717, 1.165) is 4.68 Å². The molecule has 0 saturated carbocycles. The van der Waals surface area contributed by atoms with Gasteiger partial charge in [0.15, 0.2) is 5.69 Å². The molecule has 3 rings (SSSR count). The Balaban J connectivity index is 2.25. The molecule has 21 heavy (non-hydrogen) atoms. The molecule has 2 aromatic heterocycles. The molecule has 2 heterocycles. The van der Waals surface area contributed by atoms with Crippen molar-refractivity contribution in [3.05, 3.63) is 35.8 Å². The number of carboxylic acid groups (broad SMARTS) is 1. The number of aromatic carboxylic acids is 1. The lowest BCUT2D eigenvalue weighted by Crippen LogP contribution is -2.05. The summed E-state index contributed by atoms with van der Waals surface area (Å²) in [5.74, 6) is -1.85. The number of carbonyl (C=O) groups is 1. The zero-order valence-electron chi connectivity index (χ0n) is 10.3. The summed E-state index contributed by atoms with van der Waals surface area (Å²) in [6, 6.07) is 5.15. The Bertz CT molecular complexity index is 810. The van der Waals surface area contributed by atoms with Crippen LogP contribution >= 0.6 is 0 Å². The van der Waals surface area contributed by atoms with Crippen LogP contribution in [0.4, 0.5) is 10.2 Å². The van der Waals surface area contributed by atoms with Crippen LogP contribution in [0, 0.1) is 5.82 Å². The van der Waals surface area contributed by atoms with Gasteiger partial charge in [0, 0.05) is 5.56 Å². The van der Waals surface area contributed by atoms with Crippen LogP contribution in [0.5, 0.6) is 0 Å². The Morgan fingerprint density at radius 2 is 2.00 bits per heavy atom. The predicted octanol–water partition coefficient (Wildman–Crippen LogP) is 0.737. The van der Waals surface area contributed by atoms with Crippen LogP contribution in [0.25, 0.3) is 17.1 Å². The average Bonchev–Trinajstić information content (AvgIpc) is 3.05. The number of aromatic nitrogens is 5. The molecule has 0 aliphatic heterocycles. The van der Waals surface area contributed by atoms with E-state index in [1.54, 1.807) is 0 Å². The van der Waals surface area contributed by atoms with Crippen molar-refractivity contribution in [2.24, 2.45) is 0 Å². The molecule has 0 aliphatic rings. The molecule has 0 amide bonds. The molecule has 0 bridgehead atoms. The highest BCUT2D eigenvalue weighted by molar-refractivity contribution is 5.93. The third-order valence-corrected chi connectivity index (χ3v) is 2.69. The fraction of sp³-hybridized carbons (Fsp3) is 0. The number of nitrogen functional groups attached to an aromatic ring is 1. The number of carboxylic acids is 1.